The zero-order chi connectivity index (χ0) is 17.2. The molecule has 0 unspecified atom stereocenters. The molecule has 128 valence electrons. The van der Waals surface area contributed by atoms with E-state index in [2.05, 4.69) is 24.0 Å². The Morgan fingerprint density at radius 1 is 1.08 bits per heavy atom. The van der Waals surface area contributed by atoms with E-state index in [1.54, 1.807) is 0 Å². The molecule has 24 heavy (non-hydrogen) atoms. The molecule has 2 aromatic carbocycles. The molecule has 0 saturated carbocycles. The Hall–Kier alpha value is -2.05. The third kappa shape index (κ3) is 3.71. The second-order valence-corrected chi connectivity index (χ2v) is 7.49. The van der Waals surface area contributed by atoms with Gasteiger partial charge in [-0.2, -0.15) is 8.42 Å². The number of aryl methyl sites for hydroxylation is 1. The summed E-state index contributed by atoms with van der Waals surface area (Å²) in [6, 6.07) is 13.8. The van der Waals surface area contributed by atoms with E-state index in [1.807, 2.05) is 30.3 Å². The number of fused-ring (bicyclic) bond motifs is 2. The fourth-order valence-corrected chi connectivity index (χ4v) is 3.46. The Morgan fingerprint density at radius 3 is 2.58 bits per heavy atom. The van der Waals surface area contributed by atoms with Crippen molar-refractivity contribution in [3.05, 3.63) is 48.0 Å². The molecule has 0 amide bonds. The van der Waals surface area contributed by atoms with Crippen molar-refractivity contribution < 1.29 is 17.7 Å². The molecule has 0 spiro atoms. The molecule has 2 aromatic rings. The predicted molar refractivity (Wildman–Crippen MR) is 95.0 cm³/mol. The minimum Gasteiger partial charge on any atom is -0.453 e. The Balaban J connectivity index is 1.94. The van der Waals surface area contributed by atoms with Crippen molar-refractivity contribution >= 4 is 21.5 Å². The SMILES string of the molecule is CCCc1ccc2c(c1)N(CCCS(=O)(=O)O)c1ccccc1O2. The molecule has 1 aliphatic heterocycles. The van der Waals surface area contributed by atoms with E-state index in [0.717, 1.165) is 35.7 Å². The molecule has 1 aliphatic rings. The van der Waals surface area contributed by atoms with Gasteiger partial charge in [-0.1, -0.05) is 31.5 Å². The van der Waals surface area contributed by atoms with Gasteiger partial charge in [0.05, 0.1) is 17.1 Å². The van der Waals surface area contributed by atoms with Gasteiger partial charge in [-0.25, -0.2) is 0 Å². The Kier molecular flexibility index (Phi) is 4.78. The summed E-state index contributed by atoms with van der Waals surface area (Å²) in [7, 11) is -3.95. The van der Waals surface area contributed by atoms with Crippen molar-refractivity contribution in [1.82, 2.24) is 0 Å². The molecular weight excluding hydrogens is 326 g/mol. The molecule has 0 atom stereocenters. The molecule has 5 nitrogen and oxygen atoms in total. The minimum atomic E-state index is -3.95. The molecule has 0 aliphatic carbocycles. The van der Waals surface area contributed by atoms with Crippen molar-refractivity contribution in [3.63, 3.8) is 0 Å². The standard InChI is InChI=1S/C18H21NO4S/c1-2-6-14-9-10-18-16(13-14)19(11-5-12-24(20,21)22)15-7-3-4-8-17(15)23-18/h3-4,7-10,13H,2,5-6,11-12H2,1H3,(H,20,21,22). The number of rotatable bonds is 6. The number of para-hydroxylation sites is 2. The van der Waals surface area contributed by atoms with Crippen molar-refractivity contribution in [1.29, 1.82) is 0 Å². The van der Waals surface area contributed by atoms with Crippen LogP contribution in [0, 0.1) is 0 Å². The van der Waals surface area contributed by atoms with E-state index >= 15 is 0 Å². The number of anilines is 2. The Morgan fingerprint density at radius 2 is 1.83 bits per heavy atom. The lowest BCUT2D eigenvalue weighted by atomic mass is 10.1. The van der Waals surface area contributed by atoms with Gasteiger partial charge in [0.15, 0.2) is 11.5 Å². The Labute approximate surface area is 142 Å². The van der Waals surface area contributed by atoms with E-state index in [1.165, 1.54) is 5.56 Å². The minimum absolute atomic E-state index is 0.253. The third-order valence-electron chi connectivity index (χ3n) is 4.01. The highest BCUT2D eigenvalue weighted by Gasteiger charge is 2.24. The fraction of sp³-hybridized carbons (Fsp3) is 0.333. The Bertz CT molecular complexity index is 833. The summed E-state index contributed by atoms with van der Waals surface area (Å²) < 4.78 is 37.0. The van der Waals surface area contributed by atoms with Gasteiger partial charge < -0.3 is 9.64 Å². The van der Waals surface area contributed by atoms with Gasteiger partial charge in [-0.15, -0.1) is 0 Å². The first kappa shape index (κ1) is 16.8. The lowest BCUT2D eigenvalue weighted by Gasteiger charge is -2.33. The summed E-state index contributed by atoms with van der Waals surface area (Å²) >= 11 is 0. The van der Waals surface area contributed by atoms with E-state index in [4.69, 9.17) is 9.29 Å². The van der Waals surface area contributed by atoms with Crippen LogP contribution in [0.2, 0.25) is 0 Å². The van der Waals surface area contributed by atoms with Crippen LogP contribution >= 0.6 is 0 Å². The fourth-order valence-electron chi connectivity index (χ4n) is 2.97. The lowest BCUT2D eigenvalue weighted by molar-refractivity contribution is 0.471. The predicted octanol–water partition coefficient (Wildman–Crippen LogP) is 4.16. The first-order chi connectivity index (χ1) is 11.5. The van der Waals surface area contributed by atoms with Crippen molar-refractivity contribution in [3.8, 4) is 11.5 Å². The van der Waals surface area contributed by atoms with Gasteiger partial charge in [0.25, 0.3) is 10.1 Å². The maximum absolute atomic E-state index is 11.0. The van der Waals surface area contributed by atoms with E-state index < -0.39 is 10.1 Å². The lowest BCUT2D eigenvalue weighted by Crippen LogP contribution is -2.24. The van der Waals surface area contributed by atoms with Crippen LogP contribution in [0.1, 0.15) is 25.3 Å². The molecule has 1 heterocycles. The van der Waals surface area contributed by atoms with Crippen LogP contribution < -0.4 is 9.64 Å². The van der Waals surface area contributed by atoms with Crippen LogP contribution in [-0.2, 0) is 16.5 Å². The molecule has 0 fully saturated rings. The van der Waals surface area contributed by atoms with E-state index in [-0.39, 0.29) is 5.75 Å². The second kappa shape index (κ2) is 6.83. The molecule has 0 bridgehead atoms. The first-order valence-electron chi connectivity index (χ1n) is 8.10. The van der Waals surface area contributed by atoms with Crippen LogP contribution in [0.5, 0.6) is 11.5 Å². The van der Waals surface area contributed by atoms with Gasteiger partial charge >= 0.3 is 0 Å². The summed E-state index contributed by atoms with van der Waals surface area (Å²) in [6.45, 7) is 2.62. The maximum Gasteiger partial charge on any atom is 0.264 e. The van der Waals surface area contributed by atoms with Crippen LogP contribution in [0.3, 0.4) is 0 Å². The average Bonchev–Trinajstić information content (AvgIpc) is 2.54. The number of benzene rings is 2. The largest absolute Gasteiger partial charge is 0.453 e. The highest BCUT2D eigenvalue weighted by molar-refractivity contribution is 7.85. The first-order valence-corrected chi connectivity index (χ1v) is 9.71. The second-order valence-electron chi connectivity index (χ2n) is 5.91. The van der Waals surface area contributed by atoms with Gasteiger partial charge in [-0.05, 0) is 42.7 Å². The summed E-state index contributed by atoms with van der Waals surface area (Å²) in [4.78, 5) is 2.07. The molecular formula is C18H21NO4S. The molecule has 0 aromatic heterocycles. The average molecular weight is 347 g/mol. The topological polar surface area (TPSA) is 66.8 Å². The monoisotopic (exact) mass is 347 g/mol. The summed E-state index contributed by atoms with van der Waals surface area (Å²) in [6.07, 6.45) is 2.37. The van der Waals surface area contributed by atoms with Crippen LogP contribution in [0.15, 0.2) is 42.5 Å². The third-order valence-corrected chi connectivity index (χ3v) is 4.82. The summed E-state index contributed by atoms with van der Waals surface area (Å²) in [5.41, 5.74) is 3.07. The normalized spacial score (nSPS) is 13.2. The maximum atomic E-state index is 11.0. The number of hydrogen-bond acceptors (Lipinski definition) is 4. The van der Waals surface area contributed by atoms with Crippen molar-refractivity contribution in [2.45, 2.75) is 26.2 Å². The van der Waals surface area contributed by atoms with Gasteiger partial charge in [0, 0.05) is 6.54 Å². The number of nitrogens with zero attached hydrogens (tertiary/aromatic N) is 1. The van der Waals surface area contributed by atoms with Crippen molar-refractivity contribution in [2.75, 3.05) is 17.2 Å². The quantitative estimate of drug-likeness (QED) is 0.795. The molecule has 6 heteroatoms. The van der Waals surface area contributed by atoms with Crippen LogP contribution in [-0.4, -0.2) is 25.3 Å². The zero-order valence-electron chi connectivity index (χ0n) is 13.6. The molecule has 0 saturated heterocycles. The number of hydrogen-bond donors (Lipinski definition) is 1. The van der Waals surface area contributed by atoms with Gasteiger partial charge in [0.1, 0.15) is 0 Å². The van der Waals surface area contributed by atoms with Crippen LogP contribution in [0.25, 0.3) is 0 Å². The zero-order valence-corrected chi connectivity index (χ0v) is 14.4. The molecule has 0 radical (unpaired) electrons. The summed E-state index contributed by atoms with van der Waals surface area (Å²) in [5.74, 6) is 1.26. The molecule has 3 rings (SSSR count). The van der Waals surface area contributed by atoms with Gasteiger partial charge in [0.2, 0.25) is 0 Å². The highest BCUT2D eigenvalue weighted by Crippen LogP contribution is 2.46. The van der Waals surface area contributed by atoms with Crippen LogP contribution in [0.4, 0.5) is 11.4 Å². The summed E-state index contributed by atoms with van der Waals surface area (Å²) in [5, 5.41) is 0. The van der Waals surface area contributed by atoms with E-state index in [9.17, 15) is 8.42 Å². The van der Waals surface area contributed by atoms with Gasteiger partial charge in [-0.3, -0.25) is 4.55 Å². The number of ether oxygens (including phenoxy) is 1. The molecule has 1 N–H and O–H groups in total. The smallest absolute Gasteiger partial charge is 0.264 e. The van der Waals surface area contributed by atoms with E-state index in [0.29, 0.717) is 13.0 Å². The highest BCUT2D eigenvalue weighted by atomic mass is 32.2. The van der Waals surface area contributed by atoms with Crippen molar-refractivity contribution in [2.24, 2.45) is 0 Å².